The molecule has 94 valence electrons. The van der Waals surface area contributed by atoms with E-state index in [0.29, 0.717) is 0 Å². The second kappa shape index (κ2) is 6.21. The standard InChI is InChI=1S/C12H23NO3/c1-10(2)16-8-11(15)13-12(9-14)6-4-3-5-7-12/h10,14H,3-9H2,1-2H3,(H,13,15). The summed E-state index contributed by atoms with van der Waals surface area (Å²) in [5.74, 6) is -0.121. The zero-order valence-corrected chi connectivity index (χ0v) is 10.3. The molecule has 1 rings (SSSR count). The molecular weight excluding hydrogens is 206 g/mol. The lowest BCUT2D eigenvalue weighted by atomic mass is 9.82. The number of aliphatic hydroxyl groups excluding tert-OH is 1. The normalized spacial score (nSPS) is 19.8. The van der Waals surface area contributed by atoms with Crippen molar-refractivity contribution < 1.29 is 14.6 Å². The first kappa shape index (κ1) is 13.5. The molecule has 0 bridgehead atoms. The molecule has 1 amide bonds. The number of nitrogens with one attached hydrogen (secondary N) is 1. The lowest BCUT2D eigenvalue weighted by Gasteiger charge is -2.36. The Morgan fingerprint density at radius 1 is 1.38 bits per heavy atom. The largest absolute Gasteiger partial charge is 0.394 e. The van der Waals surface area contributed by atoms with Crippen LogP contribution in [0.5, 0.6) is 0 Å². The second-order valence-corrected chi connectivity index (χ2v) is 4.91. The van der Waals surface area contributed by atoms with Crippen molar-refractivity contribution in [2.24, 2.45) is 0 Å². The van der Waals surface area contributed by atoms with Crippen molar-refractivity contribution in [1.82, 2.24) is 5.32 Å². The van der Waals surface area contributed by atoms with Gasteiger partial charge in [-0.3, -0.25) is 4.79 Å². The van der Waals surface area contributed by atoms with Crippen molar-refractivity contribution in [3.63, 3.8) is 0 Å². The highest BCUT2D eigenvalue weighted by molar-refractivity contribution is 5.78. The molecule has 0 spiro atoms. The van der Waals surface area contributed by atoms with Crippen LogP contribution in [-0.2, 0) is 9.53 Å². The summed E-state index contributed by atoms with van der Waals surface area (Å²) in [6.45, 7) is 3.91. The summed E-state index contributed by atoms with van der Waals surface area (Å²) < 4.78 is 5.24. The van der Waals surface area contributed by atoms with E-state index < -0.39 is 5.54 Å². The fourth-order valence-electron chi connectivity index (χ4n) is 2.13. The maximum absolute atomic E-state index is 11.6. The lowest BCUT2D eigenvalue weighted by molar-refractivity contribution is -0.130. The van der Waals surface area contributed by atoms with Gasteiger partial charge in [-0.25, -0.2) is 0 Å². The predicted octanol–water partition coefficient (Wildman–Crippen LogP) is 1.22. The topological polar surface area (TPSA) is 58.6 Å². The second-order valence-electron chi connectivity index (χ2n) is 4.91. The van der Waals surface area contributed by atoms with Crippen LogP contribution < -0.4 is 5.32 Å². The van der Waals surface area contributed by atoms with Crippen LogP contribution in [0.2, 0.25) is 0 Å². The molecule has 0 atom stereocenters. The van der Waals surface area contributed by atoms with Gasteiger partial charge in [0, 0.05) is 0 Å². The van der Waals surface area contributed by atoms with E-state index in [9.17, 15) is 9.90 Å². The predicted molar refractivity (Wildman–Crippen MR) is 62.1 cm³/mol. The number of aliphatic hydroxyl groups is 1. The van der Waals surface area contributed by atoms with E-state index in [-0.39, 0.29) is 25.2 Å². The molecule has 0 aromatic carbocycles. The molecule has 1 saturated carbocycles. The van der Waals surface area contributed by atoms with Crippen LogP contribution in [0.4, 0.5) is 0 Å². The van der Waals surface area contributed by atoms with Gasteiger partial charge in [-0.05, 0) is 26.7 Å². The van der Waals surface area contributed by atoms with Crippen molar-refractivity contribution >= 4 is 5.91 Å². The molecule has 0 aliphatic heterocycles. The highest BCUT2D eigenvalue weighted by Gasteiger charge is 2.32. The Hall–Kier alpha value is -0.610. The van der Waals surface area contributed by atoms with Crippen molar-refractivity contribution in [3.05, 3.63) is 0 Å². The summed E-state index contributed by atoms with van der Waals surface area (Å²) in [6.07, 6.45) is 5.15. The lowest BCUT2D eigenvalue weighted by Crippen LogP contribution is -2.53. The first-order valence-electron chi connectivity index (χ1n) is 6.11. The van der Waals surface area contributed by atoms with Crippen LogP contribution in [0.3, 0.4) is 0 Å². The van der Waals surface area contributed by atoms with Crippen molar-refractivity contribution in [2.45, 2.75) is 57.6 Å². The van der Waals surface area contributed by atoms with E-state index in [0.717, 1.165) is 25.7 Å². The quantitative estimate of drug-likeness (QED) is 0.745. The van der Waals surface area contributed by atoms with Crippen molar-refractivity contribution in [3.8, 4) is 0 Å². The average molecular weight is 229 g/mol. The molecule has 1 fully saturated rings. The van der Waals surface area contributed by atoms with Crippen molar-refractivity contribution in [1.29, 1.82) is 0 Å². The average Bonchev–Trinajstić information content (AvgIpc) is 2.28. The maximum atomic E-state index is 11.6. The van der Waals surface area contributed by atoms with E-state index in [1.165, 1.54) is 6.42 Å². The summed E-state index contributed by atoms with van der Waals surface area (Å²) in [5.41, 5.74) is -0.393. The molecule has 2 N–H and O–H groups in total. The van der Waals surface area contributed by atoms with E-state index in [1.807, 2.05) is 13.8 Å². The third kappa shape index (κ3) is 4.10. The molecule has 0 aromatic heterocycles. The minimum absolute atomic E-state index is 0.0282. The Balaban J connectivity index is 2.39. The Bertz CT molecular complexity index is 222. The Kier molecular flexibility index (Phi) is 5.22. The van der Waals surface area contributed by atoms with Crippen molar-refractivity contribution in [2.75, 3.05) is 13.2 Å². The monoisotopic (exact) mass is 229 g/mol. The van der Waals surface area contributed by atoms with Gasteiger partial charge < -0.3 is 15.2 Å². The number of carbonyl (C=O) groups is 1. The maximum Gasteiger partial charge on any atom is 0.246 e. The fraction of sp³-hybridized carbons (Fsp3) is 0.917. The van der Waals surface area contributed by atoms with Gasteiger partial charge in [0.2, 0.25) is 5.91 Å². The van der Waals surface area contributed by atoms with Gasteiger partial charge in [-0.1, -0.05) is 19.3 Å². The molecule has 4 heteroatoms. The summed E-state index contributed by atoms with van der Waals surface area (Å²) in [4.78, 5) is 11.6. The number of carbonyl (C=O) groups excluding carboxylic acids is 1. The summed E-state index contributed by atoms with van der Waals surface area (Å²) in [6, 6.07) is 0. The Morgan fingerprint density at radius 2 is 2.00 bits per heavy atom. The van der Waals surface area contributed by atoms with Crippen LogP contribution in [-0.4, -0.2) is 35.9 Å². The Labute approximate surface area is 97.4 Å². The first-order chi connectivity index (χ1) is 7.58. The number of hydrogen-bond acceptors (Lipinski definition) is 3. The van der Waals surface area contributed by atoms with Gasteiger partial charge in [-0.15, -0.1) is 0 Å². The van der Waals surface area contributed by atoms with Crippen LogP contribution in [0, 0.1) is 0 Å². The smallest absolute Gasteiger partial charge is 0.246 e. The van der Waals surface area contributed by atoms with Gasteiger partial charge in [0.15, 0.2) is 0 Å². The van der Waals surface area contributed by atoms with E-state index in [4.69, 9.17) is 4.74 Å². The van der Waals surface area contributed by atoms with Crippen LogP contribution in [0.25, 0.3) is 0 Å². The third-order valence-corrected chi connectivity index (χ3v) is 3.07. The molecule has 0 radical (unpaired) electrons. The SMILES string of the molecule is CC(C)OCC(=O)NC1(CO)CCCCC1. The first-order valence-corrected chi connectivity index (χ1v) is 6.11. The van der Waals surface area contributed by atoms with Crippen LogP contribution >= 0.6 is 0 Å². The zero-order valence-electron chi connectivity index (χ0n) is 10.3. The van der Waals surface area contributed by atoms with Crippen LogP contribution in [0.1, 0.15) is 46.0 Å². The summed E-state index contributed by atoms with van der Waals surface area (Å²) >= 11 is 0. The van der Waals surface area contributed by atoms with Gasteiger partial charge in [0.25, 0.3) is 0 Å². The number of hydrogen-bond donors (Lipinski definition) is 2. The van der Waals surface area contributed by atoms with Gasteiger partial charge in [0.05, 0.1) is 18.2 Å². The minimum atomic E-state index is -0.393. The van der Waals surface area contributed by atoms with E-state index in [2.05, 4.69) is 5.32 Å². The highest BCUT2D eigenvalue weighted by Crippen LogP contribution is 2.27. The van der Waals surface area contributed by atoms with E-state index >= 15 is 0 Å². The molecule has 16 heavy (non-hydrogen) atoms. The van der Waals surface area contributed by atoms with E-state index in [1.54, 1.807) is 0 Å². The molecule has 0 heterocycles. The number of amides is 1. The van der Waals surface area contributed by atoms with Crippen LogP contribution in [0.15, 0.2) is 0 Å². The molecular formula is C12H23NO3. The molecule has 4 nitrogen and oxygen atoms in total. The molecule has 0 saturated heterocycles. The molecule has 0 aromatic rings. The third-order valence-electron chi connectivity index (χ3n) is 3.07. The van der Waals surface area contributed by atoms with Gasteiger partial charge >= 0.3 is 0 Å². The Morgan fingerprint density at radius 3 is 2.50 bits per heavy atom. The summed E-state index contributed by atoms with van der Waals surface area (Å²) in [5, 5.41) is 12.3. The molecule has 1 aliphatic rings. The van der Waals surface area contributed by atoms with Gasteiger partial charge in [0.1, 0.15) is 6.61 Å². The summed E-state index contributed by atoms with van der Waals surface area (Å²) in [7, 11) is 0. The minimum Gasteiger partial charge on any atom is -0.394 e. The number of ether oxygens (including phenoxy) is 1. The fourth-order valence-corrected chi connectivity index (χ4v) is 2.13. The van der Waals surface area contributed by atoms with Gasteiger partial charge in [-0.2, -0.15) is 0 Å². The number of rotatable bonds is 5. The zero-order chi connectivity index (χ0) is 12.0. The molecule has 1 aliphatic carbocycles. The highest BCUT2D eigenvalue weighted by atomic mass is 16.5. The molecule has 0 unspecified atom stereocenters.